The van der Waals surface area contributed by atoms with Crippen LogP contribution in [0.5, 0.6) is 0 Å². The Balaban J connectivity index is 1.55. The first-order chi connectivity index (χ1) is 12.0. The van der Waals surface area contributed by atoms with Crippen LogP contribution in [0.2, 0.25) is 0 Å². The normalized spacial score (nSPS) is 11.2. The molecule has 128 valence electrons. The fourth-order valence-corrected chi connectivity index (χ4v) is 3.05. The lowest BCUT2D eigenvalue weighted by molar-refractivity contribution is 0.252. The lowest BCUT2D eigenvalue weighted by atomic mass is 10.2. The summed E-state index contributed by atoms with van der Waals surface area (Å²) in [6, 6.07) is 12.5. The Hall–Kier alpha value is -3.04. The molecule has 1 heterocycles. The van der Waals surface area contributed by atoms with Crippen LogP contribution in [0.15, 0.2) is 65.8 Å². The second-order valence-corrected chi connectivity index (χ2v) is 6.80. The van der Waals surface area contributed by atoms with Gasteiger partial charge in [-0.25, -0.2) is 13.2 Å². The first-order valence-electron chi connectivity index (χ1n) is 7.35. The fraction of sp³-hybridized carbons (Fsp3) is 0.0625. The molecule has 0 atom stereocenters. The van der Waals surface area contributed by atoms with Gasteiger partial charge in [0.15, 0.2) is 0 Å². The van der Waals surface area contributed by atoms with Gasteiger partial charge in [-0.3, -0.25) is 9.97 Å². The highest BCUT2D eigenvalue weighted by atomic mass is 32.2. The van der Waals surface area contributed by atoms with Crippen LogP contribution in [0.4, 0.5) is 10.5 Å². The van der Waals surface area contributed by atoms with Gasteiger partial charge in [0.1, 0.15) is 0 Å². The molecule has 0 radical (unpaired) electrons. The van der Waals surface area contributed by atoms with Crippen molar-refractivity contribution in [1.29, 1.82) is 0 Å². The van der Waals surface area contributed by atoms with Gasteiger partial charge in [0, 0.05) is 18.1 Å². The van der Waals surface area contributed by atoms with Crippen LogP contribution in [0.1, 0.15) is 0 Å². The number of anilines is 1. The molecule has 3 N–H and O–H groups in total. The third kappa shape index (κ3) is 4.28. The molecular formula is C16H15N5O3S. The molecule has 0 bridgehead atoms. The lowest BCUT2D eigenvalue weighted by Gasteiger charge is -2.10. The predicted octanol–water partition coefficient (Wildman–Crippen LogP) is 1.69. The zero-order valence-electron chi connectivity index (χ0n) is 13.0. The third-order valence-electron chi connectivity index (χ3n) is 3.29. The molecule has 2 amide bonds. The van der Waals surface area contributed by atoms with Crippen molar-refractivity contribution in [2.24, 2.45) is 0 Å². The van der Waals surface area contributed by atoms with Crippen molar-refractivity contribution in [1.82, 2.24) is 20.0 Å². The van der Waals surface area contributed by atoms with E-state index >= 15 is 0 Å². The van der Waals surface area contributed by atoms with Crippen molar-refractivity contribution in [3.05, 3.63) is 60.9 Å². The minimum absolute atomic E-state index is 0.130. The molecular weight excluding hydrogens is 342 g/mol. The van der Waals surface area contributed by atoms with Crippen LogP contribution < -0.4 is 15.4 Å². The van der Waals surface area contributed by atoms with Gasteiger partial charge in [0.25, 0.3) is 0 Å². The number of hydrogen-bond donors (Lipinski definition) is 3. The SMILES string of the molecule is O=C(NCNS(=O)(=O)c1ccccc1)Nc1ccc2nccnc2c1. The van der Waals surface area contributed by atoms with Gasteiger partial charge in [-0.2, -0.15) is 4.72 Å². The first-order valence-corrected chi connectivity index (χ1v) is 8.83. The summed E-state index contributed by atoms with van der Waals surface area (Å²) in [7, 11) is -3.67. The minimum atomic E-state index is -3.67. The highest BCUT2D eigenvalue weighted by Crippen LogP contribution is 2.14. The van der Waals surface area contributed by atoms with E-state index in [1.165, 1.54) is 12.1 Å². The number of hydrogen-bond acceptors (Lipinski definition) is 5. The number of rotatable bonds is 5. The molecule has 0 saturated carbocycles. The summed E-state index contributed by atoms with van der Waals surface area (Å²) in [5, 5.41) is 5.04. The van der Waals surface area contributed by atoms with Gasteiger partial charge in [-0.15, -0.1) is 0 Å². The maximum atomic E-state index is 12.0. The molecule has 25 heavy (non-hydrogen) atoms. The van der Waals surface area contributed by atoms with Crippen molar-refractivity contribution in [3.63, 3.8) is 0 Å². The number of benzene rings is 2. The average Bonchev–Trinajstić information content (AvgIpc) is 2.62. The van der Waals surface area contributed by atoms with E-state index in [9.17, 15) is 13.2 Å². The molecule has 0 aliphatic rings. The molecule has 3 rings (SSSR count). The number of amides is 2. The average molecular weight is 357 g/mol. The summed E-state index contributed by atoms with van der Waals surface area (Å²) in [5.74, 6) is 0. The Morgan fingerprint density at radius 2 is 1.68 bits per heavy atom. The van der Waals surface area contributed by atoms with Gasteiger partial charge < -0.3 is 10.6 Å². The summed E-state index contributed by atoms with van der Waals surface area (Å²) in [4.78, 5) is 20.3. The van der Waals surface area contributed by atoms with Crippen molar-refractivity contribution in [2.45, 2.75) is 4.90 Å². The Bertz CT molecular complexity index is 993. The number of sulfonamides is 1. The van der Waals surface area contributed by atoms with E-state index in [1.54, 1.807) is 48.8 Å². The Morgan fingerprint density at radius 3 is 2.44 bits per heavy atom. The maximum absolute atomic E-state index is 12.0. The highest BCUT2D eigenvalue weighted by Gasteiger charge is 2.13. The zero-order valence-corrected chi connectivity index (χ0v) is 13.8. The number of aromatic nitrogens is 2. The van der Waals surface area contributed by atoms with Crippen molar-refractivity contribution < 1.29 is 13.2 Å². The molecule has 8 nitrogen and oxygen atoms in total. The van der Waals surface area contributed by atoms with Gasteiger partial charge >= 0.3 is 6.03 Å². The second kappa shape index (κ2) is 7.24. The number of nitrogens with one attached hydrogen (secondary N) is 3. The Kier molecular flexibility index (Phi) is 4.87. The monoisotopic (exact) mass is 357 g/mol. The van der Waals surface area contributed by atoms with Crippen molar-refractivity contribution in [3.8, 4) is 0 Å². The van der Waals surface area contributed by atoms with Gasteiger partial charge in [0.2, 0.25) is 10.0 Å². The molecule has 0 spiro atoms. The minimum Gasteiger partial charge on any atom is -0.324 e. The van der Waals surface area contributed by atoms with E-state index in [1.807, 2.05) is 0 Å². The van der Waals surface area contributed by atoms with Crippen molar-refractivity contribution >= 4 is 32.8 Å². The summed E-state index contributed by atoms with van der Waals surface area (Å²) in [6.07, 6.45) is 3.14. The van der Waals surface area contributed by atoms with Crippen LogP contribution in [-0.4, -0.2) is 31.1 Å². The number of nitrogens with zero attached hydrogens (tertiary/aromatic N) is 2. The summed E-state index contributed by atoms with van der Waals surface area (Å²) in [5.41, 5.74) is 1.88. The molecule has 2 aromatic carbocycles. The number of urea groups is 1. The maximum Gasteiger partial charge on any atom is 0.320 e. The largest absolute Gasteiger partial charge is 0.324 e. The van der Waals surface area contributed by atoms with E-state index < -0.39 is 16.1 Å². The number of carbonyl (C=O) groups is 1. The van der Waals surface area contributed by atoms with E-state index in [-0.39, 0.29) is 11.6 Å². The first kappa shape index (κ1) is 16.8. The summed E-state index contributed by atoms with van der Waals surface area (Å²) < 4.78 is 26.3. The van der Waals surface area contributed by atoms with Crippen molar-refractivity contribution in [2.75, 3.05) is 12.0 Å². The lowest BCUT2D eigenvalue weighted by Crippen LogP contribution is -2.39. The molecule has 3 aromatic rings. The predicted molar refractivity (Wildman–Crippen MR) is 93.3 cm³/mol. The van der Waals surface area contributed by atoms with Crippen LogP contribution in [0.3, 0.4) is 0 Å². The third-order valence-corrected chi connectivity index (χ3v) is 4.71. The molecule has 0 fully saturated rings. The Labute approximate surface area is 144 Å². The van der Waals surface area contributed by atoms with Gasteiger partial charge in [0.05, 0.1) is 22.6 Å². The number of carbonyl (C=O) groups excluding carboxylic acids is 1. The summed E-state index contributed by atoms with van der Waals surface area (Å²) in [6.45, 7) is -0.240. The van der Waals surface area contributed by atoms with Crippen LogP contribution in [0.25, 0.3) is 11.0 Å². The van der Waals surface area contributed by atoms with Gasteiger partial charge in [-0.05, 0) is 30.3 Å². The molecule has 0 aliphatic heterocycles. The standard InChI is InChI=1S/C16H15N5O3S/c22-16(19-11-20-25(23,24)13-4-2-1-3-5-13)21-12-6-7-14-15(10-12)18-9-8-17-14/h1-10,20H,11H2,(H2,19,21,22). The van der Waals surface area contributed by atoms with E-state index in [0.717, 1.165) is 0 Å². The van der Waals surface area contributed by atoms with E-state index in [0.29, 0.717) is 16.7 Å². The molecule has 0 aliphatic carbocycles. The van der Waals surface area contributed by atoms with Crippen LogP contribution >= 0.6 is 0 Å². The smallest absolute Gasteiger partial charge is 0.320 e. The highest BCUT2D eigenvalue weighted by molar-refractivity contribution is 7.89. The van der Waals surface area contributed by atoms with E-state index in [2.05, 4.69) is 25.3 Å². The quantitative estimate of drug-likeness (QED) is 0.601. The molecule has 1 aromatic heterocycles. The molecule has 0 saturated heterocycles. The topological polar surface area (TPSA) is 113 Å². The Morgan fingerprint density at radius 1 is 0.960 bits per heavy atom. The number of fused-ring (bicyclic) bond motifs is 1. The fourth-order valence-electron chi connectivity index (χ4n) is 2.11. The summed E-state index contributed by atoms with van der Waals surface area (Å²) >= 11 is 0. The van der Waals surface area contributed by atoms with Crippen LogP contribution in [0, 0.1) is 0 Å². The van der Waals surface area contributed by atoms with E-state index in [4.69, 9.17) is 0 Å². The molecule has 9 heteroatoms. The second-order valence-electron chi connectivity index (χ2n) is 5.03. The molecule has 0 unspecified atom stereocenters. The van der Waals surface area contributed by atoms with Crippen LogP contribution in [-0.2, 0) is 10.0 Å². The van der Waals surface area contributed by atoms with Gasteiger partial charge in [-0.1, -0.05) is 18.2 Å². The zero-order chi connectivity index (χ0) is 17.7.